The van der Waals surface area contributed by atoms with Gasteiger partial charge in [0.2, 0.25) is 5.91 Å². The summed E-state index contributed by atoms with van der Waals surface area (Å²) in [6, 6.07) is 11.5. The van der Waals surface area contributed by atoms with Gasteiger partial charge in [-0.2, -0.15) is 0 Å². The first kappa shape index (κ1) is 13.3. The Labute approximate surface area is 123 Å². The van der Waals surface area contributed by atoms with Crippen LogP contribution < -0.4 is 20.7 Å². The van der Waals surface area contributed by atoms with Crippen molar-refractivity contribution in [1.29, 1.82) is 0 Å². The van der Waals surface area contributed by atoms with Crippen LogP contribution in [-0.4, -0.2) is 20.1 Å². The number of hydrogen-bond donors (Lipinski definition) is 2. The predicted octanol–water partition coefficient (Wildman–Crippen LogP) is 2.54. The van der Waals surface area contributed by atoms with Crippen LogP contribution in [0, 0.1) is 0 Å². The zero-order valence-corrected chi connectivity index (χ0v) is 12.0. The Morgan fingerprint density at radius 2 is 1.95 bits per heavy atom. The Morgan fingerprint density at radius 1 is 1.24 bits per heavy atom. The smallest absolute Gasteiger partial charge is 0.228 e. The molecule has 0 bridgehead atoms. The standard InChI is InChI=1S/C16H17N3O2/c1-19(11-3-5-12(21-2)6-4-11)15-9-14-10(7-13(15)17)8-16(20)18-14/h3-7,9H,8,17H2,1-2H3,(H,18,20). The van der Waals surface area contributed by atoms with Crippen molar-refractivity contribution in [3.05, 3.63) is 42.0 Å². The Kier molecular flexibility index (Phi) is 3.17. The van der Waals surface area contributed by atoms with Crippen LogP contribution in [0.5, 0.6) is 5.75 Å². The molecule has 0 aromatic heterocycles. The van der Waals surface area contributed by atoms with Crippen LogP contribution in [0.3, 0.4) is 0 Å². The molecular formula is C16H17N3O2. The molecule has 0 radical (unpaired) electrons. The highest BCUT2D eigenvalue weighted by Gasteiger charge is 2.20. The molecule has 5 nitrogen and oxygen atoms in total. The van der Waals surface area contributed by atoms with Crippen LogP contribution in [0.25, 0.3) is 0 Å². The van der Waals surface area contributed by atoms with E-state index in [1.807, 2.05) is 48.3 Å². The summed E-state index contributed by atoms with van der Waals surface area (Å²) in [5.41, 5.74) is 10.4. The highest BCUT2D eigenvalue weighted by molar-refractivity contribution is 6.01. The number of nitrogen functional groups attached to an aromatic ring is 1. The van der Waals surface area contributed by atoms with Crippen molar-refractivity contribution in [2.24, 2.45) is 0 Å². The number of methoxy groups -OCH3 is 1. The molecule has 2 aromatic carbocycles. The second-order valence-electron chi connectivity index (χ2n) is 5.05. The van der Waals surface area contributed by atoms with E-state index in [0.717, 1.165) is 28.4 Å². The molecule has 5 heteroatoms. The second kappa shape index (κ2) is 5.01. The number of carbonyl (C=O) groups excluding carboxylic acids is 1. The summed E-state index contributed by atoms with van der Waals surface area (Å²) in [6.45, 7) is 0. The molecule has 2 aromatic rings. The number of hydrogen-bond acceptors (Lipinski definition) is 4. The van der Waals surface area contributed by atoms with Crippen molar-refractivity contribution in [1.82, 2.24) is 0 Å². The topological polar surface area (TPSA) is 67.6 Å². The van der Waals surface area contributed by atoms with E-state index < -0.39 is 0 Å². The second-order valence-corrected chi connectivity index (χ2v) is 5.05. The van der Waals surface area contributed by atoms with E-state index in [1.54, 1.807) is 7.11 Å². The zero-order valence-electron chi connectivity index (χ0n) is 12.0. The molecular weight excluding hydrogens is 266 g/mol. The molecule has 0 fully saturated rings. The van der Waals surface area contributed by atoms with Crippen LogP contribution in [0.2, 0.25) is 0 Å². The van der Waals surface area contributed by atoms with Crippen molar-refractivity contribution in [2.75, 3.05) is 30.1 Å². The lowest BCUT2D eigenvalue weighted by atomic mass is 10.1. The largest absolute Gasteiger partial charge is 0.497 e. The average molecular weight is 283 g/mol. The van der Waals surface area contributed by atoms with E-state index in [-0.39, 0.29) is 5.91 Å². The van der Waals surface area contributed by atoms with Gasteiger partial charge in [0.1, 0.15) is 5.75 Å². The van der Waals surface area contributed by atoms with E-state index in [9.17, 15) is 4.79 Å². The summed E-state index contributed by atoms with van der Waals surface area (Å²) in [7, 11) is 3.58. The molecule has 0 saturated heterocycles. The molecule has 0 saturated carbocycles. The first-order valence-electron chi connectivity index (χ1n) is 6.68. The molecule has 1 aliphatic heterocycles. The molecule has 3 rings (SSSR count). The van der Waals surface area contributed by atoms with Crippen molar-refractivity contribution >= 4 is 28.7 Å². The summed E-state index contributed by atoms with van der Waals surface area (Å²) in [6.07, 6.45) is 0.395. The van der Waals surface area contributed by atoms with Gasteiger partial charge >= 0.3 is 0 Å². The Hall–Kier alpha value is -2.69. The van der Waals surface area contributed by atoms with Gasteiger partial charge in [0.25, 0.3) is 0 Å². The fourth-order valence-electron chi connectivity index (χ4n) is 2.52. The van der Waals surface area contributed by atoms with Gasteiger partial charge in [-0.15, -0.1) is 0 Å². The third kappa shape index (κ3) is 2.38. The Balaban J connectivity index is 1.96. The molecule has 0 spiro atoms. The lowest BCUT2D eigenvalue weighted by Gasteiger charge is -2.22. The maximum Gasteiger partial charge on any atom is 0.228 e. The molecule has 0 aliphatic carbocycles. The highest BCUT2D eigenvalue weighted by atomic mass is 16.5. The molecule has 1 amide bonds. The SMILES string of the molecule is COc1ccc(N(C)c2cc3c(cc2N)CC(=O)N3)cc1. The van der Waals surface area contributed by atoms with E-state index >= 15 is 0 Å². The number of carbonyl (C=O) groups is 1. The molecule has 108 valence electrons. The monoisotopic (exact) mass is 283 g/mol. The number of ether oxygens (including phenoxy) is 1. The van der Waals surface area contributed by atoms with Gasteiger partial charge in [0.05, 0.1) is 24.9 Å². The van der Waals surface area contributed by atoms with E-state index in [4.69, 9.17) is 10.5 Å². The summed E-state index contributed by atoms with van der Waals surface area (Å²) >= 11 is 0. The predicted molar refractivity (Wildman–Crippen MR) is 84.2 cm³/mol. The van der Waals surface area contributed by atoms with Crippen molar-refractivity contribution in [2.45, 2.75) is 6.42 Å². The van der Waals surface area contributed by atoms with E-state index in [0.29, 0.717) is 12.1 Å². The molecule has 1 heterocycles. The van der Waals surface area contributed by atoms with Gasteiger partial charge < -0.3 is 20.7 Å². The van der Waals surface area contributed by atoms with Crippen LogP contribution in [-0.2, 0) is 11.2 Å². The molecule has 3 N–H and O–H groups in total. The zero-order chi connectivity index (χ0) is 15.0. The first-order chi connectivity index (χ1) is 10.1. The minimum Gasteiger partial charge on any atom is -0.497 e. The third-order valence-electron chi connectivity index (χ3n) is 3.70. The third-order valence-corrected chi connectivity index (χ3v) is 3.70. The number of benzene rings is 2. The van der Waals surface area contributed by atoms with Gasteiger partial charge in [-0.05, 0) is 42.0 Å². The molecule has 0 atom stereocenters. The fraction of sp³-hybridized carbons (Fsp3) is 0.188. The van der Waals surface area contributed by atoms with E-state index in [2.05, 4.69) is 5.32 Å². The minimum absolute atomic E-state index is 0.00801. The van der Waals surface area contributed by atoms with Gasteiger partial charge in [-0.25, -0.2) is 0 Å². The van der Waals surface area contributed by atoms with Crippen LogP contribution in [0.1, 0.15) is 5.56 Å². The highest BCUT2D eigenvalue weighted by Crippen LogP contribution is 2.36. The van der Waals surface area contributed by atoms with Gasteiger partial charge in [-0.1, -0.05) is 0 Å². The van der Waals surface area contributed by atoms with Crippen molar-refractivity contribution in [3.8, 4) is 5.75 Å². The van der Waals surface area contributed by atoms with Gasteiger partial charge in [0, 0.05) is 18.4 Å². The van der Waals surface area contributed by atoms with Gasteiger partial charge in [0.15, 0.2) is 0 Å². The number of rotatable bonds is 3. The lowest BCUT2D eigenvalue weighted by molar-refractivity contribution is -0.115. The quantitative estimate of drug-likeness (QED) is 0.849. The van der Waals surface area contributed by atoms with Crippen LogP contribution in [0.15, 0.2) is 36.4 Å². The summed E-state index contributed by atoms with van der Waals surface area (Å²) in [5, 5.41) is 2.85. The van der Waals surface area contributed by atoms with Gasteiger partial charge in [-0.3, -0.25) is 4.79 Å². The maximum absolute atomic E-state index is 11.5. The van der Waals surface area contributed by atoms with E-state index in [1.165, 1.54) is 0 Å². The normalized spacial score (nSPS) is 12.8. The number of fused-ring (bicyclic) bond motifs is 1. The Morgan fingerprint density at radius 3 is 2.62 bits per heavy atom. The number of nitrogens with one attached hydrogen (secondary N) is 1. The minimum atomic E-state index is 0.00801. The average Bonchev–Trinajstić information content (AvgIpc) is 2.85. The lowest BCUT2D eigenvalue weighted by Crippen LogP contribution is -2.12. The summed E-state index contributed by atoms with van der Waals surface area (Å²) < 4.78 is 5.16. The molecule has 1 aliphatic rings. The molecule has 0 unspecified atom stereocenters. The van der Waals surface area contributed by atoms with Crippen molar-refractivity contribution in [3.63, 3.8) is 0 Å². The first-order valence-corrected chi connectivity index (χ1v) is 6.68. The molecule has 21 heavy (non-hydrogen) atoms. The number of amides is 1. The van der Waals surface area contributed by atoms with Crippen LogP contribution >= 0.6 is 0 Å². The van der Waals surface area contributed by atoms with Crippen molar-refractivity contribution < 1.29 is 9.53 Å². The summed E-state index contributed by atoms with van der Waals surface area (Å²) in [5.74, 6) is 0.815. The number of nitrogens with zero attached hydrogens (tertiary/aromatic N) is 1. The summed E-state index contributed by atoms with van der Waals surface area (Å²) in [4.78, 5) is 13.4. The van der Waals surface area contributed by atoms with Crippen LogP contribution in [0.4, 0.5) is 22.7 Å². The fourth-order valence-corrected chi connectivity index (χ4v) is 2.52. The number of nitrogens with two attached hydrogens (primary N) is 1. The maximum atomic E-state index is 11.5. The number of anilines is 4. The Bertz CT molecular complexity index is 695.